The van der Waals surface area contributed by atoms with Gasteiger partial charge in [0.05, 0.1) is 30.8 Å². The van der Waals surface area contributed by atoms with Crippen molar-refractivity contribution in [3.63, 3.8) is 0 Å². The van der Waals surface area contributed by atoms with E-state index in [1.807, 2.05) is 40.1 Å². The average molecular weight is 481 g/mol. The lowest BCUT2D eigenvalue weighted by atomic mass is 10.1. The van der Waals surface area contributed by atoms with Gasteiger partial charge in [0.15, 0.2) is 5.11 Å². The van der Waals surface area contributed by atoms with Crippen LogP contribution < -0.4 is 19.7 Å². The van der Waals surface area contributed by atoms with E-state index in [-0.39, 0.29) is 11.6 Å². The van der Waals surface area contributed by atoms with E-state index in [0.717, 1.165) is 10.8 Å². The first-order valence-electron chi connectivity index (χ1n) is 10.7. The highest BCUT2D eigenvalue weighted by Crippen LogP contribution is 2.32. The van der Waals surface area contributed by atoms with Crippen LogP contribution in [-0.4, -0.2) is 61.2 Å². The number of rotatable bonds is 5. The van der Waals surface area contributed by atoms with Crippen LogP contribution in [0.15, 0.2) is 54.6 Å². The Morgan fingerprint density at radius 1 is 1.00 bits per heavy atom. The molecule has 1 aliphatic rings. The number of anilines is 1. The van der Waals surface area contributed by atoms with E-state index in [1.54, 1.807) is 18.2 Å². The summed E-state index contributed by atoms with van der Waals surface area (Å²) >= 11 is 5.49. The molecule has 0 atom stereocenters. The number of fused-ring (bicyclic) bond motifs is 1. The highest BCUT2D eigenvalue weighted by Gasteiger charge is 2.26. The Morgan fingerprint density at radius 3 is 2.29 bits per heavy atom. The number of nitro benzene ring substituents is 1. The van der Waals surface area contributed by atoms with Crippen LogP contribution >= 0.6 is 12.2 Å². The SMILES string of the molecule is COc1ccc(N2CCN(C(=S)NC(=O)c3cc4ccccc4cc3OC)CC2)c([N+](=O)[O-])c1. The van der Waals surface area contributed by atoms with E-state index >= 15 is 0 Å². The Hall–Kier alpha value is -3.92. The summed E-state index contributed by atoms with van der Waals surface area (Å²) in [5.41, 5.74) is 0.921. The molecule has 3 aromatic carbocycles. The van der Waals surface area contributed by atoms with Crippen molar-refractivity contribution in [2.45, 2.75) is 0 Å². The number of nitrogens with zero attached hydrogens (tertiary/aromatic N) is 3. The Bertz CT molecular complexity index is 1260. The maximum absolute atomic E-state index is 13.0. The van der Waals surface area contributed by atoms with Gasteiger partial charge in [0.25, 0.3) is 11.6 Å². The lowest BCUT2D eigenvalue weighted by molar-refractivity contribution is -0.384. The van der Waals surface area contributed by atoms with Crippen LogP contribution in [0.5, 0.6) is 11.5 Å². The van der Waals surface area contributed by atoms with Crippen LogP contribution in [0.25, 0.3) is 10.8 Å². The Labute approximate surface area is 202 Å². The van der Waals surface area contributed by atoms with Gasteiger partial charge in [-0.15, -0.1) is 0 Å². The third kappa shape index (κ3) is 4.72. The summed E-state index contributed by atoms with van der Waals surface area (Å²) < 4.78 is 10.5. The quantitative estimate of drug-likeness (QED) is 0.336. The molecular formula is C24H24N4O5S. The van der Waals surface area contributed by atoms with Crippen LogP contribution in [0.3, 0.4) is 0 Å². The fraction of sp³-hybridized carbons (Fsp3) is 0.250. The predicted octanol–water partition coefficient (Wildman–Crippen LogP) is 3.60. The molecule has 176 valence electrons. The molecule has 0 radical (unpaired) electrons. The van der Waals surface area contributed by atoms with E-state index in [9.17, 15) is 14.9 Å². The second-order valence-corrected chi connectivity index (χ2v) is 8.13. The number of carbonyl (C=O) groups is 1. The zero-order valence-electron chi connectivity index (χ0n) is 18.8. The number of carbonyl (C=O) groups excluding carboxylic acids is 1. The molecule has 34 heavy (non-hydrogen) atoms. The fourth-order valence-electron chi connectivity index (χ4n) is 4.00. The van der Waals surface area contributed by atoms with E-state index in [1.165, 1.54) is 20.3 Å². The molecule has 0 spiro atoms. The van der Waals surface area contributed by atoms with Crippen LogP contribution in [0, 0.1) is 10.1 Å². The molecule has 1 aliphatic heterocycles. The summed E-state index contributed by atoms with van der Waals surface area (Å²) in [6, 6.07) is 16.2. The van der Waals surface area contributed by atoms with Crippen LogP contribution in [0.2, 0.25) is 0 Å². The highest BCUT2D eigenvalue weighted by atomic mass is 32.1. The first kappa shape index (κ1) is 23.2. The van der Waals surface area contributed by atoms with Gasteiger partial charge < -0.3 is 19.3 Å². The smallest absolute Gasteiger partial charge is 0.296 e. The maximum atomic E-state index is 13.0. The molecule has 3 aromatic rings. The van der Waals surface area contributed by atoms with Gasteiger partial charge in [-0.25, -0.2) is 0 Å². The minimum atomic E-state index is -0.411. The number of piperazine rings is 1. The molecule has 0 unspecified atom stereocenters. The molecule has 4 rings (SSSR count). The second kappa shape index (κ2) is 9.92. The van der Waals surface area contributed by atoms with E-state index in [2.05, 4.69) is 5.32 Å². The standard InChI is InChI=1S/C24H24N4O5S/c1-32-18-7-8-20(21(15-18)28(30)31)26-9-11-27(12-10-26)24(34)25-23(29)19-13-16-5-3-4-6-17(16)14-22(19)33-2/h3-8,13-15H,9-12H2,1-2H3,(H,25,29,34). The fourth-order valence-corrected chi connectivity index (χ4v) is 4.28. The lowest BCUT2D eigenvalue weighted by Crippen LogP contribution is -2.52. The van der Waals surface area contributed by atoms with Gasteiger partial charge in [-0.1, -0.05) is 24.3 Å². The van der Waals surface area contributed by atoms with Crippen LogP contribution in [-0.2, 0) is 0 Å². The normalized spacial score (nSPS) is 13.5. The molecule has 0 aliphatic carbocycles. The molecule has 0 bridgehead atoms. The second-order valence-electron chi connectivity index (χ2n) is 7.74. The number of ether oxygens (including phenoxy) is 2. The summed E-state index contributed by atoms with van der Waals surface area (Å²) in [6.45, 7) is 2.05. The summed E-state index contributed by atoms with van der Waals surface area (Å²) in [5, 5.41) is 16.5. The molecule has 0 saturated carbocycles. The summed E-state index contributed by atoms with van der Waals surface area (Å²) in [4.78, 5) is 27.9. The minimum Gasteiger partial charge on any atom is -0.496 e. The zero-order valence-corrected chi connectivity index (χ0v) is 19.6. The molecule has 10 heteroatoms. The van der Waals surface area contributed by atoms with Crippen molar-refractivity contribution in [2.24, 2.45) is 0 Å². The molecule has 1 saturated heterocycles. The van der Waals surface area contributed by atoms with Crippen molar-refractivity contribution in [1.82, 2.24) is 10.2 Å². The van der Waals surface area contributed by atoms with Gasteiger partial charge in [0.2, 0.25) is 0 Å². The van der Waals surface area contributed by atoms with Crippen LogP contribution in [0.1, 0.15) is 10.4 Å². The summed E-state index contributed by atoms with van der Waals surface area (Å²) in [7, 11) is 3.00. The van der Waals surface area contributed by atoms with Gasteiger partial charge in [0, 0.05) is 26.2 Å². The molecule has 1 heterocycles. The first-order valence-corrected chi connectivity index (χ1v) is 11.1. The van der Waals surface area contributed by atoms with E-state index in [4.69, 9.17) is 21.7 Å². The predicted molar refractivity (Wildman–Crippen MR) is 134 cm³/mol. The molecular weight excluding hydrogens is 456 g/mol. The minimum absolute atomic E-state index is 0.00733. The zero-order chi connectivity index (χ0) is 24.2. The largest absolute Gasteiger partial charge is 0.496 e. The third-order valence-corrected chi connectivity index (χ3v) is 6.18. The third-order valence-electron chi connectivity index (χ3n) is 5.82. The Morgan fingerprint density at radius 2 is 1.68 bits per heavy atom. The number of benzene rings is 3. The van der Waals surface area contributed by atoms with Crippen molar-refractivity contribution in [3.8, 4) is 11.5 Å². The molecule has 1 amide bonds. The van der Waals surface area contributed by atoms with Crippen molar-refractivity contribution >= 4 is 45.4 Å². The molecule has 1 N–H and O–H groups in total. The first-order chi connectivity index (χ1) is 16.4. The number of nitro groups is 1. The number of methoxy groups -OCH3 is 2. The van der Waals surface area contributed by atoms with Crippen molar-refractivity contribution in [3.05, 3.63) is 70.3 Å². The highest BCUT2D eigenvalue weighted by molar-refractivity contribution is 7.80. The topological polar surface area (TPSA) is 97.2 Å². The number of amides is 1. The average Bonchev–Trinajstić information content (AvgIpc) is 2.87. The summed E-state index contributed by atoms with van der Waals surface area (Å²) in [6.07, 6.45) is 0. The van der Waals surface area contributed by atoms with Gasteiger partial charge >= 0.3 is 0 Å². The van der Waals surface area contributed by atoms with Crippen molar-refractivity contribution in [2.75, 3.05) is 45.3 Å². The van der Waals surface area contributed by atoms with Crippen molar-refractivity contribution < 1.29 is 19.2 Å². The monoisotopic (exact) mass is 480 g/mol. The maximum Gasteiger partial charge on any atom is 0.296 e. The molecule has 1 fully saturated rings. The Kier molecular flexibility index (Phi) is 6.78. The Balaban J connectivity index is 1.43. The summed E-state index contributed by atoms with van der Waals surface area (Å²) in [5.74, 6) is 0.554. The van der Waals surface area contributed by atoms with Gasteiger partial charge in [0.1, 0.15) is 17.2 Å². The molecule has 0 aromatic heterocycles. The van der Waals surface area contributed by atoms with Gasteiger partial charge in [-0.3, -0.25) is 20.2 Å². The lowest BCUT2D eigenvalue weighted by Gasteiger charge is -2.37. The van der Waals surface area contributed by atoms with E-state index < -0.39 is 4.92 Å². The number of hydrogen-bond donors (Lipinski definition) is 1. The number of thiocarbonyl (C=S) groups is 1. The number of hydrogen-bond acceptors (Lipinski definition) is 7. The van der Waals surface area contributed by atoms with Gasteiger partial charge in [-0.05, 0) is 47.3 Å². The van der Waals surface area contributed by atoms with Gasteiger partial charge in [-0.2, -0.15) is 0 Å². The van der Waals surface area contributed by atoms with Crippen molar-refractivity contribution in [1.29, 1.82) is 0 Å². The molecule has 9 nitrogen and oxygen atoms in total. The van der Waals surface area contributed by atoms with E-state index in [0.29, 0.717) is 54.0 Å². The van der Waals surface area contributed by atoms with Crippen LogP contribution in [0.4, 0.5) is 11.4 Å². The number of nitrogens with one attached hydrogen (secondary N) is 1.